The van der Waals surface area contributed by atoms with Gasteiger partial charge in [0, 0.05) is 20.0 Å². The highest BCUT2D eigenvalue weighted by Crippen LogP contribution is 2.47. The number of likely N-dealkylation sites (tertiary alicyclic amines) is 1. The summed E-state index contributed by atoms with van der Waals surface area (Å²) in [5.74, 6) is 0.764. The van der Waals surface area contributed by atoms with Crippen LogP contribution in [0.2, 0.25) is 0 Å². The average molecular weight is 315 g/mol. The fourth-order valence-electron chi connectivity index (χ4n) is 4.69. The van der Waals surface area contributed by atoms with Gasteiger partial charge in [-0.2, -0.15) is 0 Å². The Morgan fingerprint density at radius 1 is 1.00 bits per heavy atom. The molecule has 2 aliphatic rings. The normalized spacial score (nSPS) is 23.5. The number of hydrogen-bond donors (Lipinski definition) is 1. The molecule has 0 aromatic heterocycles. The van der Waals surface area contributed by atoms with Crippen LogP contribution in [0.25, 0.3) is 0 Å². The van der Waals surface area contributed by atoms with Gasteiger partial charge in [-0.3, -0.25) is 4.79 Å². The van der Waals surface area contributed by atoms with E-state index in [1.165, 1.54) is 19.3 Å². The SMILES string of the molecule is CC(=O)N1CCC([C@](O)(c2ccccc2)C2CCCCC2)CC1. The lowest BCUT2D eigenvalue weighted by Crippen LogP contribution is -2.49. The van der Waals surface area contributed by atoms with Crippen molar-refractivity contribution < 1.29 is 9.90 Å². The summed E-state index contributed by atoms with van der Waals surface area (Å²) < 4.78 is 0. The maximum absolute atomic E-state index is 11.9. The largest absolute Gasteiger partial charge is 0.385 e. The third-order valence-corrected chi connectivity index (χ3v) is 6.03. The van der Waals surface area contributed by atoms with Crippen molar-refractivity contribution in [3.8, 4) is 0 Å². The molecule has 3 heteroatoms. The van der Waals surface area contributed by atoms with Crippen LogP contribution in [0.5, 0.6) is 0 Å². The predicted octanol–water partition coefficient (Wildman–Crippen LogP) is 3.71. The minimum Gasteiger partial charge on any atom is -0.385 e. The summed E-state index contributed by atoms with van der Waals surface area (Å²) in [5, 5.41) is 11.9. The number of benzene rings is 1. The molecule has 0 spiro atoms. The topological polar surface area (TPSA) is 40.5 Å². The van der Waals surface area contributed by atoms with Gasteiger partial charge < -0.3 is 10.0 Å². The standard InChI is InChI=1S/C20H29NO2/c1-16(22)21-14-12-19(13-15-21)20(23,17-8-4-2-5-9-17)18-10-6-3-7-11-18/h2,4-5,8-9,18-19,23H,3,6-7,10-15H2,1H3/t20-/m0/s1. The van der Waals surface area contributed by atoms with E-state index < -0.39 is 5.60 Å². The Bertz CT molecular complexity index is 516. The first kappa shape index (κ1) is 16.5. The molecule has 0 bridgehead atoms. The minimum absolute atomic E-state index is 0.157. The van der Waals surface area contributed by atoms with Gasteiger partial charge in [-0.15, -0.1) is 0 Å². The summed E-state index contributed by atoms with van der Waals surface area (Å²) >= 11 is 0. The van der Waals surface area contributed by atoms with Crippen LogP contribution in [0.1, 0.15) is 57.4 Å². The fraction of sp³-hybridized carbons (Fsp3) is 0.650. The zero-order valence-corrected chi connectivity index (χ0v) is 14.2. The molecule has 1 saturated carbocycles. The Morgan fingerprint density at radius 2 is 1.57 bits per heavy atom. The second kappa shape index (κ2) is 7.04. The summed E-state index contributed by atoms with van der Waals surface area (Å²) in [6.07, 6.45) is 7.81. The molecule has 1 aliphatic heterocycles. The summed E-state index contributed by atoms with van der Waals surface area (Å²) in [4.78, 5) is 13.5. The van der Waals surface area contributed by atoms with E-state index in [0.717, 1.165) is 44.3 Å². The monoisotopic (exact) mass is 315 g/mol. The van der Waals surface area contributed by atoms with Crippen molar-refractivity contribution in [2.75, 3.05) is 13.1 Å². The third kappa shape index (κ3) is 3.30. The molecule has 126 valence electrons. The van der Waals surface area contributed by atoms with E-state index in [2.05, 4.69) is 12.1 Å². The molecule has 1 saturated heterocycles. The molecule has 2 fully saturated rings. The highest BCUT2D eigenvalue weighted by Gasteiger charge is 2.46. The molecule has 1 aliphatic carbocycles. The molecule has 1 heterocycles. The maximum Gasteiger partial charge on any atom is 0.219 e. The van der Waals surface area contributed by atoms with Crippen molar-refractivity contribution in [3.05, 3.63) is 35.9 Å². The van der Waals surface area contributed by atoms with Crippen molar-refractivity contribution in [1.82, 2.24) is 4.90 Å². The van der Waals surface area contributed by atoms with Gasteiger partial charge in [0.25, 0.3) is 0 Å². The molecule has 23 heavy (non-hydrogen) atoms. The fourth-order valence-corrected chi connectivity index (χ4v) is 4.69. The number of carbonyl (C=O) groups excluding carboxylic acids is 1. The Labute approximate surface area is 139 Å². The minimum atomic E-state index is -0.732. The number of aliphatic hydroxyl groups is 1. The maximum atomic E-state index is 11.9. The van der Waals surface area contributed by atoms with E-state index in [0.29, 0.717) is 5.92 Å². The molecule has 0 unspecified atom stereocenters. The van der Waals surface area contributed by atoms with E-state index in [1.807, 2.05) is 23.1 Å². The van der Waals surface area contributed by atoms with Gasteiger partial charge in [0.05, 0.1) is 5.60 Å². The smallest absolute Gasteiger partial charge is 0.219 e. The van der Waals surface area contributed by atoms with Gasteiger partial charge >= 0.3 is 0 Å². The summed E-state index contributed by atoms with van der Waals surface area (Å²) in [7, 11) is 0. The van der Waals surface area contributed by atoms with Gasteiger partial charge in [0.1, 0.15) is 0 Å². The predicted molar refractivity (Wildman–Crippen MR) is 91.9 cm³/mol. The summed E-state index contributed by atoms with van der Waals surface area (Å²) in [6, 6.07) is 10.3. The number of hydrogen-bond acceptors (Lipinski definition) is 2. The van der Waals surface area contributed by atoms with Crippen molar-refractivity contribution in [2.24, 2.45) is 11.8 Å². The molecule has 3 rings (SSSR count). The van der Waals surface area contributed by atoms with E-state index in [-0.39, 0.29) is 11.8 Å². The zero-order valence-electron chi connectivity index (χ0n) is 14.2. The van der Waals surface area contributed by atoms with Gasteiger partial charge in [-0.05, 0) is 43.1 Å². The quantitative estimate of drug-likeness (QED) is 0.923. The first-order valence-electron chi connectivity index (χ1n) is 9.15. The second-order valence-electron chi connectivity index (χ2n) is 7.31. The highest BCUT2D eigenvalue weighted by atomic mass is 16.3. The van der Waals surface area contributed by atoms with Gasteiger partial charge in [-0.1, -0.05) is 49.6 Å². The zero-order chi connectivity index (χ0) is 16.3. The van der Waals surface area contributed by atoms with Crippen LogP contribution in [0.3, 0.4) is 0 Å². The van der Waals surface area contributed by atoms with Crippen LogP contribution < -0.4 is 0 Å². The molecular weight excluding hydrogens is 286 g/mol. The highest BCUT2D eigenvalue weighted by molar-refractivity contribution is 5.73. The molecule has 1 amide bonds. The number of amides is 1. The van der Waals surface area contributed by atoms with Crippen molar-refractivity contribution in [2.45, 2.75) is 57.5 Å². The van der Waals surface area contributed by atoms with Crippen LogP contribution >= 0.6 is 0 Å². The van der Waals surface area contributed by atoms with Crippen LogP contribution in [-0.4, -0.2) is 29.0 Å². The van der Waals surface area contributed by atoms with Crippen LogP contribution in [0.15, 0.2) is 30.3 Å². The Kier molecular flexibility index (Phi) is 5.05. The van der Waals surface area contributed by atoms with Gasteiger partial charge in [0.2, 0.25) is 5.91 Å². The Balaban J connectivity index is 1.85. The molecular formula is C20H29NO2. The summed E-state index contributed by atoms with van der Waals surface area (Å²) in [5.41, 5.74) is 0.345. The number of carbonyl (C=O) groups is 1. The first-order valence-corrected chi connectivity index (χ1v) is 9.15. The van der Waals surface area contributed by atoms with E-state index in [9.17, 15) is 9.90 Å². The van der Waals surface area contributed by atoms with E-state index in [4.69, 9.17) is 0 Å². The average Bonchev–Trinajstić information content (AvgIpc) is 2.62. The Morgan fingerprint density at radius 3 is 2.13 bits per heavy atom. The molecule has 0 radical (unpaired) electrons. The first-order chi connectivity index (χ1) is 11.1. The lowest BCUT2D eigenvalue weighted by atomic mass is 9.65. The molecule has 1 atom stereocenters. The lowest BCUT2D eigenvalue weighted by molar-refractivity contribution is -0.136. The van der Waals surface area contributed by atoms with Crippen LogP contribution in [0.4, 0.5) is 0 Å². The van der Waals surface area contributed by atoms with Gasteiger partial charge in [-0.25, -0.2) is 0 Å². The third-order valence-electron chi connectivity index (χ3n) is 6.03. The van der Waals surface area contributed by atoms with Crippen LogP contribution in [-0.2, 0) is 10.4 Å². The van der Waals surface area contributed by atoms with Crippen LogP contribution in [0, 0.1) is 11.8 Å². The number of piperidine rings is 1. The van der Waals surface area contributed by atoms with Crippen molar-refractivity contribution in [3.63, 3.8) is 0 Å². The number of rotatable bonds is 3. The van der Waals surface area contributed by atoms with Crippen molar-refractivity contribution in [1.29, 1.82) is 0 Å². The Hall–Kier alpha value is -1.35. The van der Waals surface area contributed by atoms with E-state index >= 15 is 0 Å². The van der Waals surface area contributed by atoms with Crippen molar-refractivity contribution >= 4 is 5.91 Å². The molecule has 1 aromatic carbocycles. The molecule has 1 N–H and O–H groups in total. The van der Waals surface area contributed by atoms with Gasteiger partial charge in [0.15, 0.2) is 0 Å². The molecule has 1 aromatic rings. The molecule has 3 nitrogen and oxygen atoms in total. The second-order valence-corrected chi connectivity index (χ2v) is 7.31. The lowest BCUT2D eigenvalue weighted by Gasteiger charge is -2.47. The summed E-state index contributed by atoms with van der Waals surface area (Å²) in [6.45, 7) is 3.20. The number of nitrogens with zero attached hydrogens (tertiary/aromatic N) is 1. The van der Waals surface area contributed by atoms with E-state index in [1.54, 1.807) is 6.92 Å².